The first-order valence-corrected chi connectivity index (χ1v) is 10.1. The molecule has 0 bridgehead atoms. The number of hydrogen-bond donors (Lipinski definition) is 2. The molecule has 0 spiro atoms. The van der Waals surface area contributed by atoms with Crippen molar-refractivity contribution in [3.63, 3.8) is 0 Å². The van der Waals surface area contributed by atoms with E-state index < -0.39 is 17.9 Å². The van der Waals surface area contributed by atoms with Gasteiger partial charge in [0.05, 0.1) is 12.2 Å². The van der Waals surface area contributed by atoms with E-state index >= 15 is 0 Å². The number of ether oxygens (including phenoxy) is 1. The van der Waals surface area contributed by atoms with Gasteiger partial charge in [0.15, 0.2) is 0 Å². The molecule has 6 nitrogen and oxygen atoms in total. The van der Waals surface area contributed by atoms with Crippen molar-refractivity contribution in [2.45, 2.75) is 19.4 Å². The molecule has 0 saturated heterocycles. The molecule has 0 aromatic heterocycles. The third-order valence-electron chi connectivity index (χ3n) is 4.53. The lowest BCUT2D eigenvalue weighted by Crippen LogP contribution is -2.37. The van der Waals surface area contributed by atoms with Gasteiger partial charge in [-0.05, 0) is 48.4 Å². The number of amides is 2. The SMILES string of the molecule is CCCOC(=O)c1ccc(NC(=O)C(NC(=O)c2ccccc2)c2ccccc2)cc1. The van der Waals surface area contributed by atoms with Crippen molar-refractivity contribution in [1.82, 2.24) is 5.32 Å². The second-order valence-corrected chi connectivity index (χ2v) is 6.89. The molecule has 1 unspecified atom stereocenters. The van der Waals surface area contributed by atoms with E-state index in [0.717, 1.165) is 6.42 Å². The Balaban J connectivity index is 1.74. The summed E-state index contributed by atoms with van der Waals surface area (Å²) in [6.45, 7) is 2.28. The van der Waals surface area contributed by atoms with Gasteiger partial charge in [-0.3, -0.25) is 9.59 Å². The zero-order valence-corrected chi connectivity index (χ0v) is 17.2. The second-order valence-electron chi connectivity index (χ2n) is 6.89. The Morgan fingerprint density at radius 3 is 2.03 bits per heavy atom. The Hall–Kier alpha value is -3.93. The van der Waals surface area contributed by atoms with Crippen LogP contribution in [0.1, 0.15) is 45.7 Å². The average Bonchev–Trinajstić information content (AvgIpc) is 2.82. The maximum Gasteiger partial charge on any atom is 0.338 e. The maximum absolute atomic E-state index is 13.0. The van der Waals surface area contributed by atoms with Crippen molar-refractivity contribution in [1.29, 1.82) is 0 Å². The molecule has 3 rings (SSSR count). The van der Waals surface area contributed by atoms with Crippen LogP contribution in [0, 0.1) is 0 Å². The fourth-order valence-corrected chi connectivity index (χ4v) is 2.93. The van der Waals surface area contributed by atoms with Crippen LogP contribution in [0.15, 0.2) is 84.9 Å². The molecule has 6 heteroatoms. The molecule has 3 aromatic carbocycles. The number of nitrogens with one attached hydrogen (secondary N) is 2. The van der Waals surface area contributed by atoms with E-state index in [2.05, 4.69) is 10.6 Å². The first kappa shape index (κ1) is 21.8. The highest BCUT2D eigenvalue weighted by atomic mass is 16.5. The number of esters is 1. The van der Waals surface area contributed by atoms with Gasteiger partial charge in [0.25, 0.3) is 11.8 Å². The second kappa shape index (κ2) is 10.7. The topological polar surface area (TPSA) is 84.5 Å². The standard InChI is InChI=1S/C25H24N2O4/c1-2-17-31-25(30)20-13-15-21(16-14-20)26-24(29)22(18-9-5-3-6-10-18)27-23(28)19-11-7-4-8-12-19/h3-16,22H,2,17H2,1H3,(H,26,29)(H,27,28). The van der Waals surface area contributed by atoms with E-state index in [4.69, 9.17) is 4.74 Å². The molecule has 31 heavy (non-hydrogen) atoms. The molecule has 0 fully saturated rings. The largest absolute Gasteiger partial charge is 0.462 e. The van der Waals surface area contributed by atoms with Crippen molar-refractivity contribution < 1.29 is 19.1 Å². The molecule has 158 valence electrons. The number of hydrogen-bond acceptors (Lipinski definition) is 4. The van der Waals surface area contributed by atoms with Gasteiger partial charge >= 0.3 is 5.97 Å². The highest BCUT2D eigenvalue weighted by Gasteiger charge is 2.23. The van der Waals surface area contributed by atoms with Gasteiger partial charge in [0.1, 0.15) is 6.04 Å². The molecule has 2 N–H and O–H groups in total. The zero-order valence-electron chi connectivity index (χ0n) is 17.2. The highest BCUT2D eigenvalue weighted by molar-refractivity contribution is 6.01. The molecule has 0 aliphatic carbocycles. The summed E-state index contributed by atoms with van der Waals surface area (Å²) >= 11 is 0. The summed E-state index contributed by atoms with van der Waals surface area (Å²) in [6, 6.07) is 23.3. The lowest BCUT2D eigenvalue weighted by Gasteiger charge is -2.19. The smallest absolute Gasteiger partial charge is 0.338 e. The number of rotatable bonds is 8. The van der Waals surface area contributed by atoms with E-state index in [1.807, 2.05) is 19.1 Å². The summed E-state index contributed by atoms with van der Waals surface area (Å²) in [7, 11) is 0. The minimum atomic E-state index is -0.886. The summed E-state index contributed by atoms with van der Waals surface area (Å²) in [6.07, 6.45) is 0.745. The molecule has 0 radical (unpaired) electrons. The third-order valence-corrected chi connectivity index (χ3v) is 4.53. The Labute approximate surface area is 181 Å². The van der Waals surface area contributed by atoms with Crippen LogP contribution in [-0.4, -0.2) is 24.4 Å². The highest BCUT2D eigenvalue weighted by Crippen LogP contribution is 2.18. The van der Waals surface area contributed by atoms with Crippen molar-refractivity contribution >= 4 is 23.5 Å². The predicted octanol–water partition coefficient (Wildman–Crippen LogP) is 4.36. The predicted molar refractivity (Wildman–Crippen MR) is 119 cm³/mol. The molecule has 0 heterocycles. The minimum absolute atomic E-state index is 0.348. The van der Waals surface area contributed by atoms with Crippen molar-refractivity contribution in [3.8, 4) is 0 Å². The third kappa shape index (κ3) is 6.02. The van der Waals surface area contributed by atoms with Crippen LogP contribution < -0.4 is 10.6 Å². The van der Waals surface area contributed by atoms with E-state index in [9.17, 15) is 14.4 Å². The molecule has 2 amide bonds. The van der Waals surface area contributed by atoms with Gasteiger partial charge in [0.2, 0.25) is 0 Å². The van der Waals surface area contributed by atoms with Gasteiger partial charge in [-0.1, -0.05) is 55.5 Å². The molecule has 0 aliphatic heterocycles. The van der Waals surface area contributed by atoms with Crippen molar-refractivity contribution in [3.05, 3.63) is 102 Å². The molecule has 3 aromatic rings. The van der Waals surface area contributed by atoms with Crippen LogP contribution in [0.4, 0.5) is 5.69 Å². The summed E-state index contributed by atoms with van der Waals surface area (Å²) in [4.78, 5) is 37.6. The Morgan fingerprint density at radius 2 is 1.42 bits per heavy atom. The van der Waals surface area contributed by atoms with E-state index in [0.29, 0.717) is 29.0 Å². The van der Waals surface area contributed by atoms with Gasteiger partial charge in [-0.15, -0.1) is 0 Å². The van der Waals surface area contributed by atoms with E-state index in [-0.39, 0.29) is 5.91 Å². The molecule has 1 atom stereocenters. The fraction of sp³-hybridized carbons (Fsp3) is 0.160. The normalized spacial score (nSPS) is 11.3. The van der Waals surface area contributed by atoms with Crippen LogP contribution in [-0.2, 0) is 9.53 Å². The van der Waals surface area contributed by atoms with Crippen molar-refractivity contribution in [2.75, 3.05) is 11.9 Å². The summed E-state index contributed by atoms with van der Waals surface area (Å²) in [5.41, 5.74) is 2.03. The Bertz CT molecular complexity index is 1020. The Morgan fingerprint density at radius 1 is 0.806 bits per heavy atom. The van der Waals surface area contributed by atoms with Gasteiger partial charge < -0.3 is 15.4 Å². The maximum atomic E-state index is 13.0. The minimum Gasteiger partial charge on any atom is -0.462 e. The summed E-state index contributed by atoms with van der Waals surface area (Å²) < 4.78 is 5.11. The van der Waals surface area contributed by atoms with Crippen LogP contribution in [0.2, 0.25) is 0 Å². The summed E-state index contributed by atoms with van der Waals surface area (Å²) in [5.74, 6) is -1.15. The average molecular weight is 416 g/mol. The van der Waals surface area contributed by atoms with Crippen LogP contribution in [0.3, 0.4) is 0 Å². The van der Waals surface area contributed by atoms with Gasteiger partial charge in [-0.2, -0.15) is 0 Å². The quantitative estimate of drug-likeness (QED) is 0.534. The lowest BCUT2D eigenvalue weighted by molar-refractivity contribution is -0.118. The number of carbonyl (C=O) groups is 3. The van der Waals surface area contributed by atoms with E-state index in [1.165, 1.54) is 0 Å². The molecular formula is C25H24N2O4. The fourth-order valence-electron chi connectivity index (χ4n) is 2.93. The first-order chi connectivity index (χ1) is 15.1. The summed E-state index contributed by atoms with van der Waals surface area (Å²) in [5, 5.41) is 5.60. The monoisotopic (exact) mass is 416 g/mol. The van der Waals surface area contributed by atoms with Gasteiger partial charge in [-0.25, -0.2) is 4.79 Å². The lowest BCUT2D eigenvalue weighted by atomic mass is 10.0. The molecule has 0 aliphatic rings. The number of benzene rings is 3. The zero-order chi connectivity index (χ0) is 22.1. The number of anilines is 1. The van der Waals surface area contributed by atoms with Gasteiger partial charge in [0, 0.05) is 11.3 Å². The van der Waals surface area contributed by atoms with Crippen molar-refractivity contribution in [2.24, 2.45) is 0 Å². The number of carbonyl (C=O) groups excluding carboxylic acids is 3. The molecular weight excluding hydrogens is 392 g/mol. The van der Waals surface area contributed by atoms with Crippen LogP contribution in [0.25, 0.3) is 0 Å². The molecule has 0 saturated carbocycles. The van der Waals surface area contributed by atoms with Crippen LogP contribution >= 0.6 is 0 Å². The Kier molecular flexibility index (Phi) is 7.54. The van der Waals surface area contributed by atoms with E-state index in [1.54, 1.807) is 72.8 Å². The first-order valence-electron chi connectivity index (χ1n) is 10.1. The van der Waals surface area contributed by atoms with Crippen LogP contribution in [0.5, 0.6) is 0 Å².